The molecular weight excluding hydrogens is 193 g/mol. The lowest BCUT2D eigenvalue weighted by Gasteiger charge is -1.96. The third-order valence-corrected chi connectivity index (χ3v) is 2.22. The first-order chi connectivity index (χ1) is 7.24. The van der Waals surface area contributed by atoms with Crippen LogP contribution in [0, 0.1) is 5.82 Å². The van der Waals surface area contributed by atoms with Crippen LogP contribution in [0.15, 0.2) is 30.3 Å². The standard InChI is InChI=1S/C12H12FNO/c13-10-4-1-9(2-5-10)3-8-12(15)14-11-6-7-11/h1-5,8,11H,6-7H2,(H,14,15)/b8-3-. The second-order valence-corrected chi connectivity index (χ2v) is 3.67. The summed E-state index contributed by atoms with van der Waals surface area (Å²) in [6.07, 6.45) is 5.31. The fraction of sp³-hybridized carbons (Fsp3) is 0.250. The van der Waals surface area contributed by atoms with E-state index in [2.05, 4.69) is 5.32 Å². The van der Waals surface area contributed by atoms with Gasteiger partial charge in [-0.25, -0.2) is 4.39 Å². The van der Waals surface area contributed by atoms with Gasteiger partial charge >= 0.3 is 0 Å². The van der Waals surface area contributed by atoms with Gasteiger partial charge in [0.2, 0.25) is 5.91 Å². The molecule has 1 aliphatic rings. The topological polar surface area (TPSA) is 29.1 Å². The van der Waals surface area contributed by atoms with Crippen molar-refractivity contribution < 1.29 is 9.18 Å². The van der Waals surface area contributed by atoms with Gasteiger partial charge in [-0.15, -0.1) is 0 Å². The molecule has 0 bridgehead atoms. The summed E-state index contributed by atoms with van der Waals surface area (Å²) < 4.78 is 12.6. The molecular formula is C12H12FNO. The van der Waals surface area contributed by atoms with Crippen molar-refractivity contribution in [2.45, 2.75) is 18.9 Å². The molecule has 2 rings (SSSR count). The minimum Gasteiger partial charge on any atom is -0.350 e. The van der Waals surface area contributed by atoms with Crippen LogP contribution in [0.25, 0.3) is 6.08 Å². The highest BCUT2D eigenvalue weighted by molar-refractivity contribution is 5.92. The van der Waals surface area contributed by atoms with E-state index in [4.69, 9.17) is 0 Å². The van der Waals surface area contributed by atoms with Crippen molar-refractivity contribution in [3.63, 3.8) is 0 Å². The van der Waals surface area contributed by atoms with Gasteiger partial charge in [0.25, 0.3) is 0 Å². The summed E-state index contributed by atoms with van der Waals surface area (Å²) in [7, 11) is 0. The van der Waals surface area contributed by atoms with Gasteiger partial charge in [0.05, 0.1) is 0 Å². The highest BCUT2D eigenvalue weighted by atomic mass is 19.1. The fourth-order valence-corrected chi connectivity index (χ4v) is 1.22. The van der Waals surface area contributed by atoms with Gasteiger partial charge in [0.15, 0.2) is 0 Å². The molecule has 3 heteroatoms. The van der Waals surface area contributed by atoms with Crippen molar-refractivity contribution in [1.29, 1.82) is 0 Å². The second kappa shape index (κ2) is 4.26. The number of carbonyl (C=O) groups is 1. The molecule has 0 radical (unpaired) electrons. The molecule has 1 aliphatic carbocycles. The zero-order valence-electron chi connectivity index (χ0n) is 8.24. The fourth-order valence-electron chi connectivity index (χ4n) is 1.22. The van der Waals surface area contributed by atoms with Gasteiger partial charge in [-0.1, -0.05) is 12.1 Å². The molecule has 1 N–H and O–H groups in total. The molecule has 1 saturated carbocycles. The van der Waals surface area contributed by atoms with Gasteiger partial charge in [-0.05, 0) is 36.6 Å². The van der Waals surface area contributed by atoms with Gasteiger partial charge in [0.1, 0.15) is 5.82 Å². The number of nitrogens with one attached hydrogen (secondary N) is 1. The summed E-state index contributed by atoms with van der Waals surface area (Å²) in [5.41, 5.74) is 0.822. The predicted molar refractivity (Wildman–Crippen MR) is 56.6 cm³/mol. The van der Waals surface area contributed by atoms with Crippen molar-refractivity contribution in [2.75, 3.05) is 0 Å². The molecule has 0 heterocycles. The first-order valence-electron chi connectivity index (χ1n) is 4.98. The van der Waals surface area contributed by atoms with Crippen LogP contribution >= 0.6 is 0 Å². The van der Waals surface area contributed by atoms with Crippen LogP contribution in [0.4, 0.5) is 4.39 Å². The van der Waals surface area contributed by atoms with E-state index in [9.17, 15) is 9.18 Å². The molecule has 2 nitrogen and oxygen atoms in total. The van der Waals surface area contributed by atoms with E-state index in [0.717, 1.165) is 18.4 Å². The van der Waals surface area contributed by atoms with Crippen molar-refractivity contribution in [3.8, 4) is 0 Å². The highest BCUT2D eigenvalue weighted by Crippen LogP contribution is 2.18. The molecule has 0 spiro atoms. The molecule has 0 aliphatic heterocycles. The van der Waals surface area contributed by atoms with Crippen molar-refractivity contribution in [2.24, 2.45) is 0 Å². The van der Waals surface area contributed by atoms with Gasteiger partial charge < -0.3 is 5.32 Å². The average Bonchev–Trinajstić information content (AvgIpc) is 3.01. The van der Waals surface area contributed by atoms with E-state index in [-0.39, 0.29) is 11.7 Å². The largest absolute Gasteiger partial charge is 0.350 e. The summed E-state index contributed by atoms with van der Waals surface area (Å²) in [6.45, 7) is 0. The molecule has 0 saturated heterocycles. The lowest BCUT2D eigenvalue weighted by molar-refractivity contribution is -0.116. The Balaban J connectivity index is 1.91. The summed E-state index contributed by atoms with van der Waals surface area (Å²) in [5.74, 6) is -0.351. The average molecular weight is 205 g/mol. The highest BCUT2D eigenvalue weighted by Gasteiger charge is 2.21. The molecule has 15 heavy (non-hydrogen) atoms. The maximum Gasteiger partial charge on any atom is 0.244 e. The monoisotopic (exact) mass is 205 g/mol. The minimum atomic E-state index is -0.269. The van der Waals surface area contributed by atoms with Crippen LogP contribution in [0.1, 0.15) is 18.4 Å². The quantitative estimate of drug-likeness (QED) is 0.752. The smallest absolute Gasteiger partial charge is 0.244 e. The molecule has 0 unspecified atom stereocenters. The number of hydrogen-bond acceptors (Lipinski definition) is 1. The van der Waals surface area contributed by atoms with Crippen LogP contribution in [-0.2, 0) is 4.79 Å². The van der Waals surface area contributed by atoms with Crippen molar-refractivity contribution in [3.05, 3.63) is 41.7 Å². The first kappa shape index (κ1) is 9.90. The predicted octanol–water partition coefficient (Wildman–Crippen LogP) is 2.12. The summed E-state index contributed by atoms with van der Waals surface area (Å²) in [6, 6.07) is 6.39. The number of carbonyl (C=O) groups excluding carboxylic acids is 1. The Bertz CT molecular complexity index is 379. The number of amides is 1. The maximum atomic E-state index is 12.6. The SMILES string of the molecule is O=C(/C=C\c1ccc(F)cc1)NC1CC1. The van der Waals surface area contributed by atoms with E-state index in [0.29, 0.717) is 6.04 Å². The number of benzene rings is 1. The normalized spacial score (nSPS) is 15.5. The third kappa shape index (κ3) is 3.20. The number of hydrogen-bond donors (Lipinski definition) is 1. The van der Waals surface area contributed by atoms with E-state index < -0.39 is 0 Å². The Morgan fingerprint density at radius 2 is 2.00 bits per heavy atom. The molecule has 1 fully saturated rings. The van der Waals surface area contributed by atoms with Crippen LogP contribution in [0.3, 0.4) is 0 Å². The lowest BCUT2D eigenvalue weighted by Crippen LogP contribution is -2.22. The van der Waals surface area contributed by atoms with Crippen LogP contribution in [0.5, 0.6) is 0 Å². The summed E-state index contributed by atoms with van der Waals surface area (Å²) >= 11 is 0. The summed E-state index contributed by atoms with van der Waals surface area (Å²) in [5, 5.41) is 2.84. The molecule has 0 atom stereocenters. The van der Waals surface area contributed by atoms with Gasteiger partial charge in [-0.2, -0.15) is 0 Å². The lowest BCUT2D eigenvalue weighted by atomic mass is 10.2. The third-order valence-electron chi connectivity index (χ3n) is 2.22. The van der Waals surface area contributed by atoms with Gasteiger partial charge in [0, 0.05) is 12.1 Å². The Morgan fingerprint density at radius 1 is 1.33 bits per heavy atom. The van der Waals surface area contributed by atoms with E-state index >= 15 is 0 Å². The van der Waals surface area contributed by atoms with Crippen molar-refractivity contribution >= 4 is 12.0 Å². The van der Waals surface area contributed by atoms with E-state index in [1.165, 1.54) is 18.2 Å². The molecule has 1 aromatic rings. The molecule has 1 amide bonds. The number of rotatable bonds is 3. The first-order valence-corrected chi connectivity index (χ1v) is 4.98. The number of halogens is 1. The van der Waals surface area contributed by atoms with Crippen LogP contribution in [-0.4, -0.2) is 11.9 Å². The van der Waals surface area contributed by atoms with E-state index in [1.807, 2.05) is 0 Å². The Kier molecular flexibility index (Phi) is 2.81. The van der Waals surface area contributed by atoms with Crippen LogP contribution in [0.2, 0.25) is 0 Å². The Morgan fingerprint density at radius 3 is 2.60 bits per heavy atom. The minimum absolute atomic E-state index is 0.0816. The second-order valence-electron chi connectivity index (χ2n) is 3.67. The molecule has 1 aromatic carbocycles. The zero-order valence-corrected chi connectivity index (χ0v) is 8.24. The zero-order chi connectivity index (χ0) is 10.7. The summed E-state index contributed by atoms with van der Waals surface area (Å²) in [4.78, 5) is 11.3. The van der Waals surface area contributed by atoms with Gasteiger partial charge in [-0.3, -0.25) is 4.79 Å². The maximum absolute atomic E-state index is 12.6. The Hall–Kier alpha value is -1.64. The Labute approximate surface area is 87.8 Å². The van der Waals surface area contributed by atoms with Crippen molar-refractivity contribution in [1.82, 2.24) is 5.32 Å². The molecule has 0 aromatic heterocycles. The van der Waals surface area contributed by atoms with E-state index in [1.54, 1.807) is 18.2 Å². The molecule has 78 valence electrons. The van der Waals surface area contributed by atoms with Crippen LogP contribution < -0.4 is 5.32 Å².